The van der Waals surface area contributed by atoms with Crippen molar-refractivity contribution in [2.75, 3.05) is 18.5 Å². The van der Waals surface area contributed by atoms with E-state index in [0.717, 1.165) is 19.3 Å². The second-order valence-electron chi connectivity index (χ2n) is 5.27. The highest BCUT2D eigenvalue weighted by Gasteiger charge is 2.42. The first-order valence-corrected chi connectivity index (χ1v) is 6.59. The van der Waals surface area contributed by atoms with Crippen LogP contribution in [0.25, 0.3) is 0 Å². The van der Waals surface area contributed by atoms with Gasteiger partial charge in [0.25, 0.3) is 0 Å². The van der Waals surface area contributed by atoms with E-state index in [1.807, 2.05) is 6.92 Å². The number of aliphatic hydroxyl groups excluding tert-OH is 1. The minimum absolute atomic E-state index is 0.0437. The molecule has 0 spiro atoms. The van der Waals surface area contributed by atoms with E-state index in [0.29, 0.717) is 24.6 Å². The molecule has 1 aromatic heterocycles. The summed E-state index contributed by atoms with van der Waals surface area (Å²) in [6.45, 7) is 4.97. The molecule has 106 valence electrons. The van der Waals surface area contributed by atoms with Gasteiger partial charge in [-0.05, 0) is 26.2 Å². The number of hydrogen-bond donors (Lipinski definition) is 2. The van der Waals surface area contributed by atoms with Crippen LogP contribution in [0.1, 0.15) is 31.9 Å². The molecular formula is C12H20N4O3. The van der Waals surface area contributed by atoms with Crippen LogP contribution in [0.3, 0.4) is 0 Å². The molecule has 1 heterocycles. The molecule has 0 amide bonds. The Morgan fingerprint density at radius 2 is 2.26 bits per heavy atom. The van der Waals surface area contributed by atoms with Gasteiger partial charge in [-0.15, -0.1) is 0 Å². The van der Waals surface area contributed by atoms with Gasteiger partial charge in [-0.2, -0.15) is 5.10 Å². The Bertz CT molecular complexity index is 480. The van der Waals surface area contributed by atoms with Crippen molar-refractivity contribution in [2.24, 2.45) is 5.41 Å². The van der Waals surface area contributed by atoms with Crippen LogP contribution in [0.2, 0.25) is 0 Å². The van der Waals surface area contributed by atoms with Gasteiger partial charge in [0.2, 0.25) is 5.82 Å². The molecule has 1 aliphatic carbocycles. The van der Waals surface area contributed by atoms with Crippen molar-refractivity contribution < 1.29 is 10.0 Å². The number of rotatable bonds is 7. The molecule has 1 saturated carbocycles. The molecule has 7 nitrogen and oxygen atoms in total. The van der Waals surface area contributed by atoms with Gasteiger partial charge < -0.3 is 10.4 Å². The molecule has 0 unspecified atom stereocenters. The van der Waals surface area contributed by atoms with Crippen LogP contribution in [-0.4, -0.2) is 33.0 Å². The molecule has 0 aliphatic heterocycles. The van der Waals surface area contributed by atoms with E-state index in [4.69, 9.17) is 0 Å². The maximum Gasteiger partial charge on any atom is 0.333 e. The zero-order valence-electron chi connectivity index (χ0n) is 11.3. The highest BCUT2D eigenvalue weighted by atomic mass is 16.6. The lowest BCUT2D eigenvalue weighted by molar-refractivity contribution is -0.384. The van der Waals surface area contributed by atoms with Gasteiger partial charge in [-0.1, -0.05) is 6.92 Å². The van der Waals surface area contributed by atoms with Gasteiger partial charge in [-0.25, -0.2) is 4.68 Å². The highest BCUT2D eigenvalue weighted by molar-refractivity contribution is 5.59. The summed E-state index contributed by atoms with van der Waals surface area (Å²) in [6.07, 6.45) is 2.79. The summed E-state index contributed by atoms with van der Waals surface area (Å²) < 4.78 is 1.65. The van der Waals surface area contributed by atoms with Gasteiger partial charge in [0.1, 0.15) is 5.69 Å². The number of hydrogen-bond acceptors (Lipinski definition) is 5. The van der Waals surface area contributed by atoms with E-state index < -0.39 is 4.92 Å². The first-order valence-electron chi connectivity index (χ1n) is 6.59. The van der Waals surface area contributed by atoms with Gasteiger partial charge >= 0.3 is 5.69 Å². The zero-order valence-corrected chi connectivity index (χ0v) is 11.3. The van der Waals surface area contributed by atoms with E-state index in [1.54, 1.807) is 11.6 Å². The van der Waals surface area contributed by atoms with E-state index in [9.17, 15) is 15.2 Å². The van der Waals surface area contributed by atoms with Gasteiger partial charge in [-0.3, -0.25) is 10.1 Å². The molecule has 0 bridgehead atoms. The Morgan fingerprint density at radius 3 is 2.74 bits per heavy atom. The molecule has 19 heavy (non-hydrogen) atoms. The summed E-state index contributed by atoms with van der Waals surface area (Å²) in [5.41, 5.74) is 0.375. The number of aromatic nitrogens is 2. The molecule has 7 heteroatoms. The molecule has 1 aromatic rings. The van der Waals surface area contributed by atoms with Crippen LogP contribution in [0.15, 0.2) is 0 Å². The first-order chi connectivity index (χ1) is 9.03. The molecule has 2 rings (SSSR count). The summed E-state index contributed by atoms with van der Waals surface area (Å²) in [5.74, 6) is 0.462. The zero-order chi connectivity index (χ0) is 14.0. The minimum atomic E-state index is -0.394. The van der Waals surface area contributed by atoms with Crippen molar-refractivity contribution >= 4 is 11.5 Å². The summed E-state index contributed by atoms with van der Waals surface area (Å²) in [6, 6.07) is 0. The molecular weight excluding hydrogens is 248 g/mol. The summed E-state index contributed by atoms with van der Waals surface area (Å²) in [7, 11) is 0. The van der Waals surface area contributed by atoms with Crippen molar-refractivity contribution in [1.29, 1.82) is 0 Å². The van der Waals surface area contributed by atoms with E-state index in [-0.39, 0.29) is 17.7 Å². The third kappa shape index (κ3) is 2.70. The second-order valence-corrected chi connectivity index (χ2v) is 5.27. The normalized spacial score (nSPS) is 16.4. The van der Waals surface area contributed by atoms with Gasteiger partial charge in [0.05, 0.1) is 11.5 Å². The Hall–Kier alpha value is -1.63. The lowest BCUT2D eigenvalue weighted by atomic mass is 10.1. The second kappa shape index (κ2) is 5.16. The number of nitro groups is 1. The average Bonchev–Trinajstić information content (AvgIpc) is 3.07. The molecule has 2 N–H and O–H groups in total. The summed E-state index contributed by atoms with van der Waals surface area (Å²) >= 11 is 0. The number of nitrogens with zero attached hydrogens (tertiary/aromatic N) is 3. The Morgan fingerprint density at radius 1 is 1.58 bits per heavy atom. The third-order valence-corrected chi connectivity index (χ3v) is 3.64. The Kier molecular flexibility index (Phi) is 3.75. The predicted octanol–water partition coefficient (Wildman–Crippen LogP) is 1.69. The molecule has 1 aliphatic rings. The van der Waals surface area contributed by atoms with Crippen LogP contribution in [-0.2, 0) is 6.54 Å². The lowest BCUT2D eigenvalue weighted by Crippen LogP contribution is -2.21. The lowest BCUT2D eigenvalue weighted by Gasteiger charge is -2.14. The van der Waals surface area contributed by atoms with Crippen molar-refractivity contribution in [3.8, 4) is 0 Å². The first kappa shape index (κ1) is 13.8. The monoisotopic (exact) mass is 268 g/mol. The number of anilines is 1. The smallest absolute Gasteiger partial charge is 0.333 e. The quantitative estimate of drug-likeness (QED) is 0.580. The highest BCUT2D eigenvalue weighted by Crippen LogP contribution is 2.45. The fraction of sp³-hybridized carbons (Fsp3) is 0.750. The molecule has 0 atom stereocenters. The molecule has 0 saturated heterocycles. The van der Waals surface area contributed by atoms with Crippen LogP contribution in [0.5, 0.6) is 0 Å². The van der Waals surface area contributed by atoms with Gasteiger partial charge in [0, 0.05) is 18.5 Å². The van der Waals surface area contributed by atoms with Crippen LogP contribution in [0, 0.1) is 22.5 Å². The van der Waals surface area contributed by atoms with Crippen LogP contribution in [0.4, 0.5) is 11.5 Å². The largest absolute Gasteiger partial charge is 0.396 e. The Labute approximate surface area is 111 Å². The van der Waals surface area contributed by atoms with Crippen molar-refractivity contribution in [1.82, 2.24) is 9.78 Å². The third-order valence-electron chi connectivity index (χ3n) is 3.64. The van der Waals surface area contributed by atoms with Crippen molar-refractivity contribution in [3.05, 3.63) is 15.8 Å². The van der Waals surface area contributed by atoms with Crippen LogP contribution >= 0.6 is 0 Å². The predicted molar refractivity (Wildman–Crippen MR) is 71.2 cm³/mol. The molecule has 1 fully saturated rings. The maximum atomic E-state index is 11.1. The topological polar surface area (TPSA) is 93.2 Å². The fourth-order valence-electron chi connectivity index (χ4n) is 2.18. The molecule has 0 radical (unpaired) electrons. The number of nitrogens with one attached hydrogen (secondary N) is 1. The minimum Gasteiger partial charge on any atom is -0.396 e. The van der Waals surface area contributed by atoms with E-state index in [2.05, 4.69) is 10.4 Å². The Balaban J connectivity index is 2.22. The average molecular weight is 268 g/mol. The standard InChI is InChI=1S/C12H20N4O3/c1-3-6-15-11(10(16(18)19)9(2)14-15)13-7-12(8-17)4-5-12/h13,17H,3-8H2,1-2H3. The molecule has 0 aromatic carbocycles. The number of aryl methyl sites for hydroxylation is 2. The van der Waals surface area contributed by atoms with Crippen molar-refractivity contribution in [3.63, 3.8) is 0 Å². The summed E-state index contributed by atoms with van der Waals surface area (Å²) in [5, 5.41) is 27.8. The van der Waals surface area contributed by atoms with E-state index >= 15 is 0 Å². The summed E-state index contributed by atoms with van der Waals surface area (Å²) in [4.78, 5) is 10.7. The maximum absolute atomic E-state index is 11.1. The van der Waals surface area contributed by atoms with E-state index in [1.165, 1.54) is 0 Å². The van der Waals surface area contributed by atoms with Crippen LogP contribution < -0.4 is 5.32 Å². The number of aliphatic hydroxyl groups is 1. The van der Waals surface area contributed by atoms with Gasteiger partial charge in [0.15, 0.2) is 0 Å². The van der Waals surface area contributed by atoms with Crippen molar-refractivity contribution in [2.45, 2.75) is 39.7 Å². The fourth-order valence-corrected chi connectivity index (χ4v) is 2.18. The SMILES string of the molecule is CCCn1nc(C)c([N+](=O)[O-])c1NCC1(CO)CC1.